The first-order valence-electron chi connectivity index (χ1n) is 5.88. The first kappa shape index (κ1) is 13.2. The molecule has 0 bridgehead atoms. The van der Waals surface area contributed by atoms with Gasteiger partial charge in [0.05, 0.1) is 0 Å². The third-order valence-corrected chi connectivity index (χ3v) is 2.30. The van der Waals surface area contributed by atoms with Gasteiger partial charge in [-0.2, -0.15) is 0 Å². The second kappa shape index (κ2) is 7.44. The molecule has 0 unspecified atom stereocenters. The van der Waals surface area contributed by atoms with Crippen molar-refractivity contribution in [2.75, 3.05) is 11.9 Å². The molecule has 0 saturated carbocycles. The molecule has 0 saturated heterocycles. The summed E-state index contributed by atoms with van der Waals surface area (Å²) in [6.07, 6.45) is 3.05. The third kappa shape index (κ3) is 5.15. The van der Waals surface area contributed by atoms with Crippen molar-refractivity contribution in [1.29, 1.82) is 0 Å². The minimum Gasteiger partial charge on any atom is -0.348 e. The third-order valence-electron chi connectivity index (χ3n) is 2.30. The fraction of sp³-hybridized carbons (Fsp3) is 0.385. The normalized spacial score (nSPS) is 9.71. The molecule has 1 aromatic carbocycles. The summed E-state index contributed by atoms with van der Waals surface area (Å²) >= 11 is 0. The molecule has 0 radical (unpaired) electrons. The molecule has 0 heterocycles. The van der Waals surface area contributed by atoms with Crippen LogP contribution in [-0.2, 0) is 9.59 Å². The van der Waals surface area contributed by atoms with Gasteiger partial charge in [0.15, 0.2) is 0 Å². The second-order valence-corrected chi connectivity index (χ2v) is 3.78. The van der Waals surface area contributed by atoms with Gasteiger partial charge in [-0.25, -0.2) is 0 Å². The SMILES string of the molecule is CCCCCNC(=O)C(=O)Nc1ccccc1. The smallest absolute Gasteiger partial charge is 0.313 e. The summed E-state index contributed by atoms with van der Waals surface area (Å²) in [5, 5.41) is 5.12. The highest BCUT2D eigenvalue weighted by Gasteiger charge is 2.12. The summed E-state index contributed by atoms with van der Waals surface area (Å²) < 4.78 is 0. The van der Waals surface area contributed by atoms with E-state index in [1.54, 1.807) is 24.3 Å². The van der Waals surface area contributed by atoms with Gasteiger partial charge in [0.1, 0.15) is 0 Å². The molecular weight excluding hydrogens is 216 g/mol. The standard InChI is InChI=1S/C13H18N2O2/c1-2-3-7-10-14-12(16)13(17)15-11-8-5-4-6-9-11/h4-6,8-9H,2-3,7,10H2,1H3,(H,14,16)(H,15,17). The largest absolute Gasteiger partial charge is 0.348 e. The van der Waals surface area contributed by atoms with Crippen LogP contribution in [0.4, 0.5) is 5.69 Å². The molecule has 92 valence electrons. The van der Waals surface area contributed by atoms with Crippen LogP contribution >= 0.6 is 0 Å². The molecule has 0 aliphatic heterocycles. The number of amides is 2. The van der Waals surface area contributed by atoms with E-state index in [1.165, 1.54) is 0 Å². The van der Waals surface area contributed by atoms with E-state index < -0.39 is 11.8 Å². The van der Waals surface area contributed by atoms with Crippen LogP contribution in [0.3, 0.4) is 0 Å². The number of carbonyl (C=O) groups is 2. The molecule has 4 nitrogen and oxygen atoms in total. The number of hydrogen-bond donors (Lipinski definition) is 2. The molecule has 0 fully saturated rings. The summed E-state index contributed by atoms with van der Waals surface area (Å²) in [4.78, 5) is 22.8. The molecular formula is C13H18N2O2. The minimum absolute atomic E-state index is 0.550. The minimum atomic E-state index is -0.618. The summed E-state index contributed by atoms with van der Waals surface area (Å²) in [6, 6.07) is 8.93. The number of nitrogens with one attached hydrogen (secondary N) is 2. The molecule has 2 amide bonds. The van der Waals surface area contributed by atoms with Gasteiger partial charge < -0.3 is 10.6 Å². The predicted octanol–water partition coefficient (Wildman–Crippen LogP) is 1.93. The Labute approximate surface area is 101 Å². The van der Waals surface area contributed by atoms with Crippen molar-refractivity contribution in [3.8, 4) is 0 Å². The molecule has 0 aliphatic rings. The molecule has 4 heteroatoms. The lowest BCUT2D eigenvalue weighted by Gasteiger charge is -2.05. The zero-order chi connectivity index (χ0) is 12.5. The highest BCUT2D eigenvalue weighted by atomic mass is 16.2. The van der Waals surface area contributed by atoms with E-state index in [9.17, 15) is 9.59 Å². The van der Waals surface area contributed by atoms with E-state index in [-0.39, 0.29) is 0 Å². The van der Waals surface area contributed by atoms with Crippen molar-refractivity contribution in [3.05, 3.63) is 30.3 Å². The van der Waals surface area contributed by atoms with E-state index in [0.717, 1.165) is 19.3 Å². The van der Waals surface area contributed by atoms with Crippen LogP contribution in [0, 0.1) is 0 Å². The van der Waals surface area contributed by atoms with Crippen molar-refractivity contribution in [3.63, 3.8) is 0 Å². The number of anilines is 1. The number of unbranched alkanes of at least 4 members (excludes halogenated alkanes) is 2. The Kier molecular flexibility index (Phi) is 5.79. The van der Waals surface area contributed by atoms with Crippen molar-refractivity contribution in [2.45, 2.75) is 26.2 Å². The van der Waals surface area contributed by atoms with Crippen LogP contribution in [0.25, 0.3) is 0 Å². The molecule has 1 rings (SSSR count). The number of carbonyl (C=O) groups excluding carboxylic acids is 2. The molecule has 0 aromatic heterocycles. The summed E-state index contributed by atoms with van der Waals surface area (Å²) in [7, 11) is 0. The van der Waals surface area contributed by atoms with Crippen molar-refractivity contribution < 1.29 is 9.59 Å². The molecule has 17 heavy (non-hydrogen) atoms. The van der Waals surface area contributed by atoms with Gasteiger partial charge >= 0.3 is 11.8 Å². The average molecular weight is 234 g/mol. The van der Waals surface area contributed by atoms with E-state index in [2.05, 4.69) is 17.6 Å². The average Bonchev–Trinajstić information content (AvgIpc) is 2.35. The molecule has 2 N–H and O–H groups in total. The maximum absolute atomic E-state index is 11.5. The predicted molar refractivity (Wildman–Crippen MR) is 67.6 cm³/mol. The van der Waals surface area contributed by atoms with Crippen molar-refractivity contribution >= 4 is 17.5 Å². The molecule has 1 aromatic rings. The molecule has 0 spiro atoms. The Balaban J connectivity index is 2.30. The van der Waals surface area contributed by atoms with Gasteiger partial charge in [0.25, 0.3) is 0 Å². The van der Waals surface area contributed by atoms with E-state index >= 15 is 0 Å². The number of para-hydroxylation sites is 1. The lowest BCUT2D eigenvalue weighted by atomic mass is 10.2. The van der Waals surface area contributed by atoms with Crippen LogP contribution in [0.1, 0.15) is 26.2 Å². The van der Waals surface area contributed by atoms with Crippen molar-refractivity contribution in [2.24, 2.45) is 0 Å². The Bertz CT molecular complexity index is 363. The zero-order valence-corrected chi connectivity index (χ0v) is 10.0. The summed E-state index contributed by atoms with van der Waals surface area (Å²) in [6.45, 7) is 2.64. The lowest BCUT2D eigenvalue weighted by molar-refractivity contribution is -0.136. The maximum atomic E-state index is 11.5. The van der Waals surface area contributed by atoms with Gasteiger partial charge in [0.2, 0.25) is 0 Å². The Hall–Kier alpha value is -1.84. The Morgan fingerprint density at radius 2 is 1.76 bits per heavy atom. The highest BCUT2D eigenvalue weighted by Crippen LogP contribution is 2.04. The molecule has 0 aliphatic carbocycles. The quantitative estimate of drug-likeness (QED) is 0.604. The van der Waals surface area contributed by atoms with Crippen LogP contribution in [-0.4, -0.2) is 18.4 Å². The van der Waals surface area contributed by atoms with Gasteiger partial charge in [-0.3, -0.25) is 9.59 Å². The fourth-order valence-electron chi connectivity index (χ4n) is 1.37. The Morgan fingerprint density at radius 3 is 2.41 bits per heavy atom. The van der Waals surface area contributed by atoms with E-state index in [0.29, 0.717) is 12.2 Å². The fourth-order valence-corrected chi connectivity index (χ4v) is 1.37. The van der Waals surface area contributed by atoms with Crippen LogP contribution in [0.5, 0.6) is 0 Å². The van der Waals surface area contributed by atoms with Gasteiger partial charge in [-0.15, -0.1) is 0 Å². The van der Waals surface area contributed by atoms with E-state index in [4.69, 9.17) is 0 Å². The summed E-state index contributed by atoms with van der Waals surface area (Å²) in [5.74, 6) is -1.20. The van der Waals surface area contributed by atoms with Crippen LogP contribution in [0.15, 0.2) is 30.3 Å². The number of rotatable bonds is 5. The first-order valence-corrected chi connectivity index (χ1v) is 5.88. The van der Waals surface area contributed by atoms with Gasteiger partial charge in [-0.05, 0) is 18.6 Å². The van der Waals surface area contributed by atoms with Gasteiger partial charge in [-0.1, -0.05) is 38.0 Å². The Morgan fingerprint density at radius 1 is 1.06 bits per heavy atom. The topological polar surface area (TPSA) is 58.2 Å². The van der Waals surface area contributed by atoms with Crippen LogP contribution in [0.2, 0.25) is 0 Å². The van der Waals surface area contributed by atoms with E-state index in [1.807, 2.05) is 6.07 Å². The summed E-state index contributed by atoms with van der Waals surface area (Å²) in [5.41, 5.74) is 0.626. The maximum Gasteiger partial charge on any atom is 0.313 e. The number of benzene rings is 1. The monoisotopic (exact) mass is 234 g/mol. The first-order chi connectivity index (χ1) is 8.24. The lowest BCUT2D eigenvalue weighted by Crippen LogP contribution is -2.35. The second-order valence-electron chi connectivity index (χ2n) is 3.78. The molecule has 0 atom stereocenters. The number of hydrogen-bond acceptors (Lipinski definition) is 2. The van der Waals surface area contributed by atoms with Crippen LogP contribution < -0.4 is 10.6 Å². The highest BCUT2D eigenvalue weighted by molar-refractivity contribution is 6.39. The zero-order valence-electron chi connectivity index (χ0n) is 10.0. The van der Waals surface area contributed by atoms with Crippen molar-refractivity contribution in [1.82, 2.24) is 5.32 Å². The van der Waals surface area contributed by atoms with Gasteiger partial charge in [0, 0.05) is 12.2 Å².